The van der Waals surface area contributed by atoms with Crippen LogP contribution in [0.5, 0.6) is 0 Å². The first-order valence-electron chi connectivity index (χ1n) is 7.29. The summed E-state index contributed by atoms with van der Waals surface area (Å²) >= 11 is 0. The highest BCUT2D eigenvalue weighted by Crippen LogP contribution is 2.17. The summed E-state index contributed by atoms with van der Waals surface area (Å²) in [6.45, 7) is 0.145. The van der Waals surface area contributed by atoms with Gasteiger partial charge in [0.15, 0.2) is 0 Å². The van der Waals surface area contributed by atoms with E-state index in [0.717, 1.165) is 16.2 Å². The van der Waals surface area contributed by atoms with Gasteiger partial charge in [0.25, 0.3) is 11.8 Å². The second-order valence-electron chi connectivity index (χ2n) is 5.07. The first-order chi connectivity index (χ1) is 11.2. The minimum Gasteiger partial charge on any atom is -0.342 e. The van der Waals surface area contributed by atoms with E-state index in [1.54, 1.807) is 6.08 Å². The Kier molecular flexibility index (Phi) is 4.49. The Morgan fingerprint density at radius 3 is 2.35 bits per heavy atom. The molecular weight excluding hydrogens is 292 g/mol. The van der Waals surface area contributed by atoms with Crippen molar-refractivity contribution in [2.75, 3.05) is 6.54 Å². The van der Waals surface area contributed by atoms with E-state index in [9.17, 15) is 9.59 Å². The largest absolute Gasteiger partial charge is 0.342 e. The third kappa shape index (κ3) is 3.64. The standard InChI is InChI=1S/C18H16N2O3/c21-17-12-19-18(22)16(11-14-7-3-1-4-8-14)20(17)23-13-15-9-5-2-6-10-15/h1-11H,12-13H2,(H,19,22). The molecule has 1 N–H and O–H groups in total. The highest BCUT2D eigenvalue weighted by molar-refractivity contribution is 6.05. The van der Waals surface area contributed by atoms with E-state index < -0.39 is 0 Å². The molecule has 1 saturated heterocycles. The Morgan fingerprint density at radius 1 is 1.00 bits per heavy atom. The number of rotatable bonds is 4. The molecule has 0 aliphatic carbocycles. The Morgan fingerprint density at radius 2 is 1.65 bits per heavy atom. The molecule has 2 aromatic carbocycles. The van der Waals surface area contributed by atoms with E-state index in [1.807, 2.05) is 60.7 Å². The van der Waals surface area contributed by atoms with Crippen LogP contribution in [0.1, 0.15) is 11.1 Å². The SMILES string of the molecule is O=C1NCC(=O)N(OCc2ccccc2)C1=Cc1ccccc1. The number of hydrogen-bond acceptors (Lipinski definition) is 3. The first-order valence-corrected chi connectivity index (χ1v) is 7.29. The van der Waals surface area contributed by atoms with Crippen LogP contribution in [0.25, 0.3) is 6.08 Å². The molecule has 0 atom stereocenters. The molecule has 0 spiro atoms. The number of nitrogens with zero attached hydrogens (tertiary/aromatic N) is 1. The van der Waals surface area contributed by atoms with Gasteiger partial charge in [0, 0.05) is 0 Å². The fourth-order valence-corrected chi connectivity index (χ4v) is 2.23. The van der Waals surface area contributed by atoms with Gasteiger partial charge in [-0.1, -0.05) is 60.7 Å². The van der Waals surface area contributed by atoms with Crippen molar-refractivity contribution in [1.82, 2.24) is 10.4 Å². The van der Waals surface area contributed by atoms with Crippen LogP contribution in [0, 0.1) is 0 Å². The highest BCUT2D eigenvalue weighted by Gasteiger charge is 2.30. The molecule has 1 aliphatic rings. The maximum Gasteiger partial charge on any atom is 0.270 e. The van der Waals surface area contributed by atoms with Crippen molar-refractivity contribution in [3.05, 3.63) is 77.5 Å². The molecule has 0 bridgehead atoms. The van der Waals surface area contributed by atoms with Crippen LogP contribution in [-0.2, 0) is 21.0 Å². The highest BCUT2D eigenvalue weighted by atomic mass is 16.7. The summed E-state index contributed by atoms with van der Waals surface area (Å²) in [6.07, 6.45) is 1.64. The van der Waals surface area contributed by atoms with E-state index in [0.29, 0.717) is 0 Å². The second-order valence-corrected chi connectivity index (χ2v) is 5.07. The van der Waals surface area contributed by atoms with Gasteiger partial charge in [0.2, 0.25) is 0 Å². The molecule has 116 valence electrons. The zero-order chi connectivity index (χ0) is 16.1. The number of hydroxylamine groups is 2. The van der Waals surface area contributed by atoms with E-state index in [1.165, 1.54) is 0 Å². The van der Waals surface area contributed by atoms with Crippen molar-refractivity contribution in [2.24, 2.45) is 0 Å². The Bertz CT molecular complexity index is 726. The number of piperazine rings is 1. The van der Waals surface area contributed by atoms with Crippen molar-refractivity contribution in [3.63, 3.8) is 0 Å². The van der Waals surface area contributed by atoms with Gasteiger partial charge in [-0.25, -0.2) is 0 Å². The van der Waals surface area contributed by atoms with Crippen molar-refractivity contribution in [1.29, 1.82) is 0 Å². The molecule has 0 saturated carbocycles. The van der Waals surface area contributed by atoms with Gasteiger partial charge in [0.1, 0.15) is 12.3 Å². The third-order valence-electron chi connectivity index (χ3n) is 3.38. The average molecular weight is 308 g/mol. The van der Waals surface area contributed by atoms with Gasteiger partial charge in [-0.05, 0) is 17.2 Å². The monoisotopic (exact) mass is 308 g/mol. The maximum absolute atomic E-state index is 12.1. The van der Waals surface area contributed by atoms with Crippen LogP contribution >= 0.6 is 0 Å². The van der Waals surface area contributed by atoms with Crippen molar-refractivity contribution in [2.45, 2.75) is 6.61 Å². The van der Waals surface area contributed by atoms with Gasteiger partial charge in [-0.2, -0.15) is 5.06 Å². The van der Waals surface area contributed by atoms with E-state index in [2.05, 4.69) is 5.32 Å². The van der Waals surface area contributed by atoms with Crippen LogP contribution in [0.15, 0.2) is 66.4 Å². The average Bonchev–Trinajstić information content (AvgIpc) is 2.59. The molecule has 5 nitrogen and oxygen atoms in total. The summed E-state index contributed by atoms with van der Waals surface area (Å²) in [5.74, 6) is -0.635. The molecule has 23 heavy (non-hydrogen) atoms. The lowest BCUT2D eigenvalue weighted by Gasteiger charge is -2.28. The molecule has 5 heteroatoms. The quantitative estimate of drug-likeness (QED) is 0.880. The lowest BCUT2D eigenvalue weighted by Crippen LogP contribution is -2.49. The van der Waals surface area contributed by atoms with Gasteiger partial charge in [-0.3, -0.25) is 14.4 Å². The lowest BCUT2D eigenvalue weighted by molar-refractivity contribution is -0.183. The van der Waals surface area contributed by atoms with E-state index >= 15 is 0 Å². The van der Waals surface area contributed by atoms with Crippen LogP contribution in [0.2, 0.25) is 0 Å². The van der Waals surface area contributed by atoms with E-state index in [4.69, 9.17) is 4.84 Å². The third-order valence-corrected chi connectivity index (χ3v) is 3.38. The number of carbonyl (C=O) groups excluding carboxylic acids is 2. The molecule has 1 aliphatic heterocycles. The minimum absolute atomic E-state index is 0.0697. The van der Waals surface area contributed by atoms with Crippen LogP contribution in [-0.4, -0.2) is 23.4 Å². The van der Waals surface area contributed by atoms with Gasteiger partial charge < -0.3 is 5.32 Å². The molecule has 0 unspecified atom stereocenters. The molecule has 2 amide bonds. The Balaban J connectivity index is 1.83. The number of hydrogen-bond donors (Lipinski definition) is 1. The number of carbonyl (C=O) groups is 2. The van der Waals surface area contributed by atoms with Crippen LogP contribution in [0.3, 0.4) is 0 Å². The van der Waals surface area contributed by atoms with Crippen LogP contribution in [0.4, 0.5) is 0 Å². The summed E-state index contributed by atoms with van der Waals surface area (Å²) in [7, 11) is 0. The molecule has 3 rings (SSSR count). The lowest BCUT2D eigenvalue weighted by atomic mass is 10.1. The number of nitrogens with one attached hydrogen (secondary N) is 1. The zero-order valence-electron chi connectivity index (χ0n) is 12.4. The normalized spacial score (nSPS) is 16.5. The van der Waals surface area contributed by atoms with Crippen molar-refractivity contribution < 1.29 is 14.4 Å². The molecule has 1 heterocycles. The zero-order valence-corrected chi connectivity index (χ0v) is 12.4. The fraction of sp³-hybridized carbons (Fsp3) is 0.111. The first kappa shape index (κ1) is 15.0. The second kappa shape index (κ2) is 6.89. The van der Waals surface area contributed by atoms with Gasteiger partial charge in [0.05, 0.1) is 6.54 Å². The smallest absolute Gasteiger partial charge is 0.270 e. The minimum atomic E-state index is -0.332. The summed E-state index contributed by atoms with van der Waals surface area (Å²) in [5.41, 5.74) is 1.93. The summed E-state index contributed by atoms with van der Waals surface area (Å²) in [5, 5.41) is 3.63. The summed E-state index contributed by atoms with van der Waals surface area (Å²) in [4.78, 5) is 29.8. The van der Waals surface area contributed by atoms with Crippen molar-refractivity contribution in [3.8, 4) is 0 Å². The topological polar surface area (TPSA) is 58.6 Å². The molecule has 1 fully saturated rings. The van der Waals surface area contributed by atoms with Crippen molar-refractivity contribution >= 4 is 17.9 Å². The Hall–Kier alpha value is -2.92. The van der Waals surface area contributed by atoms with Gasteiger partial charge in [-0.15, -0.1) is 0 Å². The molecular formula is C18H16N2O3. The summed E-state index contributed by atoms with van der Waals surface area (Å²) < 4.78 is 0. The number of benzene rings is 2. The maximum atomic E-state index is 12.1. The molecule has 0 radical (unpaired) electrons. The van der Waals surface area contributed by atoms with Crippen LogP contribution < -0.4 is 5.32 Å². The summed E-state index contributed by atoms with van der Waals surface area (Å²) in [6, 6.07) is 18.8. The number of amides is 2. The molecule has 0 aromatic heterocycles. The fourth-order valence-electron chi connectivity index (χ4n) is 2.23. The predicted molar refractivity (Wildman–Crippen MR) is 85.5 cm³/mol. The van der Waals surface area contributed by atoms with E-state index in [-0.39, 0.29) is 30.7 Å². The Labute approximate surface area is 134 Å². The molecule has 2 aromatic rings. The predicted octanol–water partition coefficient (Wildman–Crippen LogP) is 2.12. The van der Waals surface area contributed by atoms with Gasteiger partial charge >= 0.3 is 0 Å².